The molecule has 0 atom stereocenters. The fraction of sp³-hybridized carbons (Fsp3) is 0.375. The number of thiazole rings is 1. The maximum atomic E-state index is 13.9. The molecular weight excluding hydrogens is 346 g/mol. The van der Waals surface area contributed by atoms with Crippen LogP contribution in [0.3, 0.4) is 0 Å². The maximum Gasteiger partial charge on any atom is 0.416 e. The molecule has 0 unspecified atom stereocenters. The molecule has 0 amide bonds. The highest BCUT2D eigenvalue weighted by Crippen LogP contribution is 2.33. The minimum atomic E-state index is -4.60. The standard InChI is InChI=1S/C16H15F4NO2S/c1-15(2,3)14-21-11(12(24-14)13(22)23)7-8-6-9(16(18,19)20)4-5-10(8)17/h4-6H,7H2,1-3H3,(H,22,23). The number of benzene rings is 1. The number of hydrogen-bond acceptors (Lipinski definition) is 3. The monoisotopic (exact) mass is 361 g/mol. The fourth-order valence-electron chi connectivity index (χ4n) is 2.03. The lowest BCUT2D eigenvalue weighted by Crippen LogP contribution is -2.11. The van der Waals surface area contributed by atoms with Crippen molar-refractivity contribution in [3.05, 3.63) is 50.7 Å². The third kappa shape index (κ3) is 3.92. The van der Waals surface area contributed by atoms with Crippen LogP contribution in [0, 0.1) is 5.82 Å². The molecule has 0 saturated heterocycles. The largest absolute Gasteiger partial charge is 0.477 e. The van der Waals surface area contributed by atoms with E-state index in [0.29, 0.717) is 17.1 Å². The molecule has 0 aliphatic heterocycles. The van der Waals surface area contributed by atoms with Crippen LogP contribution in [-0.2, 0) is 18.0 Å². The van der Waals surface area contributed by atoms with E-state index in [0.717, 1.165) is 17.4 Å². The molecule has 2 rings (SSSR count). The SMILES string of the molecule is CC(C)(C)c1nc(Cc2cc(C(F)(F)F)ccc2F)c(C(=O)O)s1. The van der Waals surface area contributed by atoms with Crippen molar-refractivity contribution in [2.75, 3.05) is 0 Å². The van der Waals surface area contributed by atoms with Crippen LogP contribution in [0.2, 0.25) is 0 Å². The first-order valence-electron chi connectivity index (χ1n) is 6.98. The molecule has 1 heterocycles. The van der Waals surface area contributed by atoms with E-state index in [2.05, 4.69) is 4.98 Å². The van der Waals surface area contributed by atoms with Crippen molar-refractivity contribution in [1.82, 2.24) is 4.98 Å². The third-order valence-electron chi connectivity index (χ3n) is 3.26. The second-order valence-electron chi connectivity index (χ2n) is 6.33. The smallest absolute Gasteiger partial charge is 0.416 e. The van der Waals surface area contributed by atoms with Crippen LogP contribution in [0.25, 0.3) is 0 Å². The number of carbonyl (C=O) groups is 1. The van der Waals surface area contributed by atoms with Crippen molar-refractivity contribution < 1.29 is 27.5 Å². The fourth-order valence-corrected chi connectivity index (χ4v) is 3.00. The van der Waals surface area contributed by atoms with Crippen molar-refractivity contribution >= 4 is 17.3 Å². The summed E-state index contributed by atoms with van der Waals surface area (Å²) >= 11 is 0.954. The molecule has 130 valence electrons. The zero-order valence-corrected chi connectivity index (χ0v) is 14.0. The van der Waals surface area contributed by atoms with Crippen molar-refractivity contribution in [3.63, 3.8) is 0 Å². The van der Waals surface area contributed by atoms with Crippen molar-refractivity contribution in [2.45, 2.75) is 38.8 Å². The topological polar surface area (TPSA) is 50.2 Å². The summed E-state index contributed by atoms with van der Waals surface area (Å²) in [5.74, 6) is -2.06. The Labute approximate surface area is 140 Å². The number of aromatic nitrogens is 1. The van der Waals surface area contributed by atoms with Crippen LogP contribution < -0.4 is 0 Å². The van der Waals surface area contributed by atoms with Gasteiger partial charge < -0.3 is 5.11 Å². The van der Waals surface area contributed by atoms with Gasteiger partial charge in [-0.1, -0.05) is 20.8 Å². The summed E-state index contributed by atoms with van der Waals surface area (Å²) in [7, 11) is 0. The van der Waals surface area contributed by atoms with Crippen molar-refractivity contribution in [2.24, 2.45) is 0 Å². The number of nitrogens with zero attached hydrogens (tertiary/aromatic N) is 1. The summed E-state index contributed by atoms with van der Waals surface area (Å²) in [5.41, 5.74) is -1.57. The quantitative estimate of drug-likeness (QED) is 0.792. The highest BCUT2D eigenvalue weighted by molar-refractivity contribution is 7.13. The van der Waals surface area contributed by atoms with E-state index in [4.69, 9.17) is 0 Å². The van der Waals surface area contributed by atoms with E-state index in [1.807, 2.05) is 20.8 Å². The summed E-state index contributed by atoms with van der Waals surface area (Å²) < 4.78 is 52.2. The molecular formula is C16H15F4NO2S. The molecule has 0 fully saturated rings. The minimum Gasteiger partial charge on any atom is -0.477 e. The second kappa shape index (κ2) is 6.16. The summed E-state index contributed by atoms with van der Waals surface area (Å²) in [6, 6.07) is 2.07. The van der Waals surface area contributed by atoms with Gasteiger partial charge in [-0.25, -0.2) is 14.2 Å². The molecule has 24 heavy (non-hydrogen) atoms. The Morgan fingerprint density at radius 2 is 1.88 bits per heavy atom. The second-order valence-corrected chi connectivity index (χ2v) is 7.33. The van der Waals surface area contributed by atoms with E-state index in [-0.39, 0.29) is 22.6 Å². The van der Waals surface area contributed by atoms with Crippen LogP contribution in [0.5, 0.6) is 0 Å². The Hall–Kier alpha value is -1.96. The zero-order chi connectivity index (χ0) is 18.3. The Balaban J connectivity index is 2.48. The highest BCUT2D eigenvalue weighted by atomic mass is 32.1. The number of alkyl halides is 3. The molecule has 1 aromatic carbocycles. The van der Waals surface area contributed by atoms with Crippen LogP contribution in [-0.4, -0.2) is 16.1 Å². The third-order valence-corrected chi connectivity index (χ3v) is 4.78. The van der Waals surface area contributed by atoms with Gasteiger partial charge in [0.15, 0.2) is 0 Å². The molecule has 0 saturated carbocycles. The number of carboxylic acids is 1. The lowest BCUT2D eigenvalue weighted by molar-refractivity contribution is -0.137. The van der Waals surface area contributed by atoms with Gasteiger partial charge in [-0.15, -0.1) is 11.3 Å². The molecule has 0 aliphatic rings. The van der Waals surface area contributed by atoms with Gasteiger partial charge in [-0.3, -0.25) is 0 Å². The molecule has 3 nitrogen and oxygen atoms in total. The molecule has 0 aliphatic carbocycles. The van der Waals surface area contributed by atoms with Crippen LogP contribution >= 0.6 is 11.3 Å². The van der Waals surface area contributed by atoms with Gasteiger partial charge in [0.25, 0.3) is 0 Å². The van der Waals surface area contributed by atoms with Crippen molar-refractivity contribution in [1.29, 1.82) is 0 Å². The molecule has 0 spiro atoms. The number of rotatable bonds is 3. The predicted octanol–water partition coefficient (Wildman–Crippen LogP) is 4.89. The molecule has 0 bridgehead atoms. The summed E-state index contributed by atoms with van der Waals surface area (Å²) in [6.07, 6.45) is -4.92. The molecule has 1 N–H and O–H groups in total. The van der Waals surface area contributed by atoms with Crippen LogP contribution in [0.4, 0.5) is 17.6 Å². The first-order chi connectivity index (χ1) is 10.9. The summed E-state index contributed by atoms with van der Waals surface area (Å²) in [4.78, 5) is 15.5. The molecule has 8 heteroatoms. The van der Waals surface area contributed by atoms with Gasteiger partial charge in [0.1, 0.15) is 10.7 Å². The normalized spacial score (nSPS) is 12.5. The lowest BCUT2D eigenvalue weighted by Gasteiger charge is -2.13. The zero-order valence-electron chi connectivity index (χ0n) is 13.2. The Bertz CT molecular complexity index is 775. The Kier molecular flexibility index (Phi) is 4.72. The van der Waals surface area contributed by atoms with Gasteiger partial charge in [0.05, 0.1) is 16.3 Å². The van der Waals surface area contributed by atoms with E-state index in [1.165, 1.54) is 0 Å². The van der Waals surface area contributed by atoms with E-state index < -0.39 is 28.9 Å². The summed E-state index contributed by atoms with van der Waals surface area (Å²) in [5, 5.41) is 9.80. The van der Waals surface area contributed by atoms with Crippen molar-refractivity contribution in [3.8, 4) is 0 Å². The number of carboxylic acid groups (broad SMARTS) is 1. The predicted molar refractivity (Wildman–Crippen MR) is 82.0 cm³/mol. The van der Waals surface area contributed by atoms with Gasteiger partial charge in [-0.2, -0.15) is 13.2 Å². The molecule has 1 aromatic heterocycles. The van der Waals surface area contributed by atoms with Gasteiger partial charge >= 0.3 is 12.1 Å². The number of halogens is 4. The number of aromatic carboxylic acids is 1. The first kappa shape index (κ1) is 18.4. The first-order valence-corrected chi connectivity index (χ1v) is 7.80. The van der Waals surface area contributed by atoms with E-state index in [1.54, 1.807) is 0 Å². The van der Waals surface area contributed by atoms with E-state index >= 15 is 0 Å². The number of hydrogen-bond donors (Lipinski definition) is 1. The van der Waals surface area contributed by atoms with Crippen LogP contribution in [0.1, 0.15) is 52.3 Å². The van der Waals surface area contributed by atoms with Gasteiger partial charge in [-0.05, 0) is 23.8 Å². The Morgan fingerprint density at radius 3 is 2.38 bits per heavy atom. The lowest BCUT2D eigenvalue weighted by atomic mass is 9.98. The highest BCUT2D eigenvalue weighted by Gasteiger charge is 2.31. The molecule has 0 radical (unpaired) electrons. The summed E-state index contributed by atoms with van der Waals surface area (Å²) in [6.45, 7) is 5.52. The van der Waals surface area contributed by atoms with Crippen LogP contribution in [0.15, 0.2) is 18.2 Å². The minimum absolute atomic E-state index is 0.0654. The molecule has 2 aromatic rings. The van der Waals surface area contributed by atoms with Gasteiger partial charge in [0, 0.05) is 11.8 Å². The van der Waals surface area contributed by atoms with E-state index in [9.17, 15) is 27.5 Å². The average Bonchev–Trinajstić information content (AvgIpc) is 2.84. The average molecular weight is 361 g/mol. The maximum absolute atomic E-state index is 13.9. The van der Waals surface area contributed by atoms with Gasteiger partial charge in [0.2, 0.25) is 0 Å². The Morgan fingerprint density at radius 1 is 1.25 bits per heavy atom.